The van der Waals surface area contributed by atoms with E-state index in [0.29, 0.717) is 5.92 Å². The number of amides is 1. The number of hydrogen-bond acceptors (Lipinski definition) is 1. The largest absolute Gasteiger partial charge is 0.369 e. The predicted octanol–water partition coefficient (Wildman–Crippen LogP) is 3.88. The summed E-state index contributed by atoms with van der Waals surface area (Å²) in [5.74, 6) is 0.408. The zero-order valence-electron chi connectivity index (χ0n) is 11.3. The van der Waals surface area contributed by atoms with E-state index in [2.05, 4.69) is 13.8 Å². The van der Waals surface area contributed by atoms with Gasteiger partial charge in [0.05, 0.1) is 0 Å². The molecule has 16 heavy (non-hydrogen) atoms. The molecule has 0 spiro atoms. The minimum atomic E-state index is -0.124. The van der Waals surface area contributed by atoms with Crippen LogP contribution >= 0.6 is 0 Å². The van der Waals surface area contributed by atoms with Crippen LogP contribution in [0, 0.1) is 11.8 Å². The van der Waals surface area contributed by atoms with Gasteiger partial charge in [0, 0.05) is 5.92 Å². The zero-order chi connectivity index (χ0) is 12.4. The first-order valence-corrected chi connectivity index (χ1v) is 6.92. The lowest BCUT2D eigenvalue weighted by molar-refractivity contribution is -0.123. The topological polar surface area (TPSA) is 43.1 Å². The van der Waals surface area contributed by atoms with Gasteiger partial charge in [0.25, 0.3) is 0 Å². The predicted molar refractivity (Wildman–Crippen MR) is 70.1 cm³/mol. The molecule has 0 heterocycles. The molecule has 1 amide bonds. The molecule has 2 N–H and O–H groups in total. The third kappa shape index (κ3) is 6.86. The summed E-state index contributed by atoms with van der Waals surface area (Å²) in [6.45, 7) is 6.44. The number of unbranched alkanes of at least 4 members (excludes halogenated alkanes) is 5. The van der Waals surface area contributed by atoms with E-state index in [-0.39, 0.29) is 11.8 Å². The Labute approximate surface area is 101 Å². The summed E-state index contributed by atoms with van der Waals surface area (Å²) in [7, 11) is 0. The molecule has 2 unspecified atom stereocenters. The van der Waals surface area contributed by atoms with Crippen molar-refractivity contribution in [1.82, 2.24) is 0 Å². The molecule has 0 aromatic carbocycles. The van der Waals surface area contributed by atoms with Crippen molar-refractivity contribution in [1.29, 1.82) is 0 Å². The summed E-state index contributed by atoms with van der Waals surface area (Å²) < 4.78 is 0. The van der Waals surface area contributed by atoms with E-state index in [4.69, 9.17) is 5.73 Å². The lowest BCUT2D eigenvalue weighted by Crippen LogP contribution is -2.28. The molecule has 0 fully saturated rings. The maximum Gasteiger partial charge on any atom is 0.220 e. The van der Waals surface area contributed by atoms with E-state index in [0.717, 1.165) is 12.8 Å². The molecule has 0 saturated heterocycles. The fourth-order valence-electron chi connectivity index (χ4n) is 2.33. The van der Waals surface area contributed by atoms with Gasteiger partial charge < -0.3 is 5.73 Å². The molecule has 0 radical (unpaired) electrons. The summed E-state index contributed by atoms with van der Waals surface area (Å²) in [5, 5.41) is 0. The summed E-state index contributed by atoms with van der Waals surface area (Å²) in [5.41, 5.74) is 5.38. The normalized spacial score (nSPS) is 14.7. The Balaban J connectivity index is 3.55. The first kappa shape index (κ1) is 15.5. The third-order valence-electron chi connectivity index (χ3n) is 3.51. The van der Waals surface area contributed by atoms with E-state index in [1.807, 2.05) is 6.92 Å². The lowest BCUT2D eigenvalue weighted by atomic mass is 9.87. The molecule has 2 nitrogen and oxygen atoms in total. The molecule has 0 aliphatic carbocycles. The van der Waals surface area contributed by atoms with Gasteiger partial charge in [-0.05, 0) is 18.8 Å². The van der Waals surface area contributed by atoms with Crippen LogP contribution in [0.1, 0.15) is 72.1 Å². The van der Waals surface area contributed by atoms with Gasteiger partial charge in [0.15, 0.2) is 0 Å². The number of carbonyl (C=O) groups is 1. The SMILES string of the molecule is CCCCCCCCC(C)C(CC)C(N)=O. The molecule has 96 valence electrons. The first-order chi connectivity index (χ1) is 7.63. The second-order valence-corrected chi connectivity index (χ2v) is 4.95. The van der Waals surface area contributed by atoms with Crippen LogP contribution in [0.3, 0.4) is 0 Å². The van der Waals surface area contributed by atoms with Crippen LogP contribution in [0.25, 0.3) is 0 Å². The van der Waals surface area contributed by atoms with E-state index in [1.54, 1.807) is 0 Å². The molecular formula is C14H29NO. The number of hydrogen-bond donors (Lipinski definition) is 1. The van der Waals surface area contributed by atoms with Crippen LogP contribution in [0.15, 0.2) is 0 Å². The zero-order valence-corrected chi connectivity index (χ0v) is 11.3. The third-order valence-corrected chi connectivity index (χ3v) is 3.51. The van der Waals surface area contributed by atoms with Gasteiger partial charge in [0.1, 0.15) is 0 Å². The van der Waals surface area contributed by atoms with Crippen molar-refractivity contribution < 1.29 is 4.79 Å². The van der Waals surface area contributed by atoms with Crippen molar-refractivity contribution in [2.45, 2.75) is 72.1 Å². The molecule has 0 aliphatic heterocycles. The van der Waals surface area contributed by atoms with Crippen molar-refractivity contribution >= 4 is 5.91 Å². The molecule has 0 bridgehead atoms. The van der Waals surface area contributed by atoms with Crippen molar-refractivity contribution in [3.05, 3.63) is 0 Å². The Hall–Kier alpha value is -0.530. The van der Waals surface area contributed by atoms with Crippen LogP contribution in [0.4, 0.5) is 0 Å². The van der Waals surface area contributed by atoms with Crippen molar-refractivity contribution in [3.63, 3.8) is 0 Å². The molecule has 0 saturated carbocycles. The average molecular weight is 227 g/mol. The Kier molecular flexibility index (Phi) is 9.36. The Morgan fingerprint density at radius 3 is 2.12 bits per heavy atom. The summed E-state index contributed by atoms with van der Waals surface area (Å²) in [4.78, 5) is 11.2. The van der Waals surface area contributed by atoms with Gasteiger partial charge in [-0.25, -0.2) is 0 Å². The first-order valence-electron chi connectivity index (χ1n) is 6.92. The maximum atomic E-state index is 11.2. The fraction of sp³-hybridized carbons (Fsp3) is 0.929. The summed E-state index contributed by atoms with van der Waals surface area (Å²) in [6, 6.07) is 0. The molecule has 2 atom stereocenters. The van der Waals surface area contributed by atoms with Crippen molar-refractivity contribution in [3.8, 4) is 0 Å². The summed E-state index contributed by atoms with van der Waals surface area (Å²) >= 11 is 0. The second-order valence-electron chi connectivity index (χ2n) is 4.95. The van der Waals surface area contributed by atoms with Gasteiger partial charge >= 0.3 is 0 Å². The second kappa shape index (κ2) is 9.68. The smallest absolute Gasteiger partial charge is 0.220 e. The van der Waals surface area contributed by atoms with Gasteiger partial charge in [-0.3, -0.25) is 4.79 Å². The Bertz CT molecular complexity index is 180. The molecular weight excluding hydrogens is 198 g/mol. The standard InChI is InChI=1S/C14H29NO/c1-4-6-7-8-9-10-11-12(3)13(5-2)14(15)16/h12-13H,4-11H2,1-3H3,(H2,15,16). The quantitative estimate of drug-likeness (QED) is 0.565. The highest BCUT2D eigenvalue weighted by molar-refractivity contribution is 5.76. The highest BCUT2D eigenvalue weighted by atomic mass is 16.1. The molecule has 0 aromatic rings. The van der Waals surface area contributed by atoms with Crippen LogP contribution < -0.4 is 5.73 Å². The number of rotatable bonds is 10. The van der Waals surface area contributed by atoms with E-state index in [9.17, 15) is 4.79 Å². The Morgan fingerprint density at radius 2 is 1.62 bits per heavy atom. The number of primary amides is 1. The van der Waals surface area contributed by atoms with Crippen molar-refractivity contribution in [2.75, 3.05) is 0 Å². The number of nitrogens with two attached hydrogens (primary N) is 1. The monoisotopic (exact) mass is 227 g/mol. The maximum absolute atomic E-state index is 11.2. The molecule has 0 rings (SSSR count). The summed E-state index contributed by atoms with van der Waals surface area (Å²) in [6.07, 6.45) is 9.93. The highest BCUT2D eigenvalue weighted by Crippen LogP contribution is 2.21. The minimum absolute atomic E-state index is 0.0793. The Morgan fingerprint density at radius 1 is 1.06 bits per heavy atom. The van der Waals surface area contributed by atoms with Gasteiger partial charge in [-0.2, -0.15) is 0 Å². The van der Waals surface area contributed by atoms with E-state index >= 15 is 0 Å². The van der Waals surface area contributed by atoms with Gasteiger partial charge in [0.2, 0.25) is 5.91 Å². The molecule has 0 aliphatic rings. The van der Waals surface area contributed by atoms with Gasteiger partial charge in [-0.1, -0.05) is 59.3 Å². The highest BCUT2D eigenvalue weighted by Gasteiger charge is 2.19. The minimum Gasteiger partial charge on any atom is -0.369 e. The molecule has 0 aromatic heterocycles. The van der Waals surface area contributed by atoms with Crippen LogP contribution in [0.2, 0.25) is 0 Å². The average Bonchev–Trinajstić information content (AvgIpc) is 2.23. The fourth-order valence-corrected chi connectivity index (χ4v) is 2.33. The van der Waals surface area contributed by atoms with Crippen molar-refractivity contribution in [2.24, 2.45) is 17.6 Å². The van der Waals surface area contributed by atoms with Gasteiger partial charge in [-0.15, -0.1) is 0 Å². The van der Waals surface area contributed by atoms with E-state index in [1.165, 1.54) is 38.5 Å². The lowest BCUT2D eigenvalue weighted by Gasteiger charge is -2.19. The molecule has 2 heteroatoms. The van der Waals surface area contributed by atoms with Crippen LogP contribution in [-0.4, -0.2) is 5.91 Å². The van der Waals surface area contributed by atoms with E-state index < -0.39 is 0 Å². The van der Waals surface area contributed by atoms with Crippen LogP contribution in [-0.2, 0) is 4.79 Å². The van der Waals surface area contributed by atoms with Crippen LogP contribution in [0.5, 0.6) is 0 Å². The number of carbonyl (C=O) groups excluding carboxylic acids is 1.